The highest BCUT2D eigenvalue weighted by Gasteiger charge is 2.33. The molecule has 0 saturated carbocycles. The molecule has 1 saturated heterocycles. The van der Waals surface area contributed by atoms with E-state index in [4.69, 9.17) is 0 Å². The Morgan fingerprint density at radius 3 is 2.55 bits per heavy atom. The molecule has 1 atom stereocenters. The second-order valence-corrected chi connectivity index (χ2v) is 5.07. The van der Waals surface area contributed by atoms with Crippen molar-refractivity contribution in [3.8, 4) is 0 Å². The topological polar surface area (TPSA) is 50.4 Å². The van der Waals surface area contributed by atoms with E-state index in [9.17, 15) is 18.0 Å². The van der Waals surface area contributed by atoms with Gasteiger partial charge in [-0.05, 0) is 31.0 Å². The normalized spacial score (nSPS) is 19.7. The number of carbonyl (C=O) groups is 1. The van der Waals surface area contributed by atoms with Gasteiger partial charge in [0.1, 0.15) is 0 Å². The Kier molecular flexibility index (Phi) is 5.20. The maximum atomic E-state index is 12.2. The van der Waals surface area contributed by atoms with Gasteiger partial charge in [0.15, 0.2) is 0 Å². The molecule has 2 rings (SSSR count). The fourth-order valence-corrected chi connectivity index (χ4v) is 2.57. The molecule has 1 amide bonds. The van der Waals surface area contributed by atoms with Gasteiger partial charge >= 0.3 is 6.36 Å². The molecule has 2 N–H and O–H groups in total. The summed E-state index contributed by atoms with van der Waals surface area (Å²) in [6.45, 7) is 3.01. The summed E-state index contributed by atoms with van der Waals surface area (Å²) in [6, 6.07) is 9.09. The summed E-state index contributed by atoms with van der Waals surface area (Å²) in [4.78, 5) is 15.6. The highest BCUT2D eigenvalue weighted by atomic mass is 19.4. The standard InChI is InChI=1S/C15H17F3N2O2/c1-10(11-5-3-2-4-6-11)13(12-7-8-19-9-12)14(21)20-22-15(16,17)18/h2-6,12,19H,7-9H2,1H3,(H,20,21)/b13-10-. The SMILES string of the molecule is C/C(=C(/C(=O)NOC(F)(F)F)C1CCNC1)c1ccccc1. The number of halogens is 3. The van der Waals surface area contributed by atoms with Crippen LogP contribution >= 0.6 is 0 Å². The number of nitrogens with one attached hydrogen (secondary N) is 2. The zero-order chi connectivity index (χ0) is 16.2. The van der Waals surface area contributed by atoms with Crippen LogP contribution in [0.25, 0.3) is 5.57 Å². The largest absolute Gasteiger partial charge is 0.543 e. The second kappa shape index (κ2) is 6.93. The third-order valence-corrected chi connectivity index (χ3v) is 3.58. The molecule has 1 aliphatic heterocycles. The van der Waals surface area contributed by atoms with E-state index in [0.717, 1.165) is 12.1 Å². The minimum Gasteiger partial charge on any atom is -0.316 e. The minimum absolute atomic E-state index is 0.142. The Labute approximate surface area is 126 Å². The van der Waals surface area contributed by atoms with E-state index in [2.05, 4.69) is 10.2 Å². The molecule has 0 spiro atoms. The predicted molar refractivity (Wildman–Crippen MR) is 75.3 cm³/mol. The van der Waals surface area contributed by atoms with Gasteiger partial charge in [0.25, 0.3) is 5.91 Å². The van der Waals surface area contributed by atoms with Crippen LogP contribution < -0.4 is 10.8 Å². The lowest BCUT2D eigenvalue weighted by Crippen LogP contribution is -2.34. The van der Waals surface area contributed by atoms with Crippen molar-refractivity contribution in [3.63, 3.8) is 0 Å². The molecule has 1 fully saturated rings. The number of rotatable bonds is 4. The highest BCUT2D eigenvalue weighted by molar-refractivity contribution is 6.00. The van der Waals surface area contributed by atoms with Crippen molar-refractivity contribution in [1.29, 1.82) is 0 Å². The van der Waals surface area contributed by atoms with Crippen molar-refractivity contribution in [3.05, 3.63) is 41.5 Å². The summed E-state index contributed by atoms with van der Waals surface area (Å²) < 4.78 is 36.3. The van der Waals surface area contributed by atoms with Crippen LogP contribution in [0.5, 0.6) is 0 Å². The Bertz CT molecular complexity index is 550. The van der Waals surface area contributed by atoms with Crippen molar-refractivity contribution in [2.45, 2.75) is 19.7 Å². The van der Waals surface area contributed by atoms with Crippen LogP contribution in [0.3, 0.4) is 0 Å². The zero-order valence-corrected chi connectivity index (χ0v) is 12.0. The van der Waals surface area contributed by atoms with Gasteiger partial charge in [-0.1, -0.05) is 30.3 Å². The number of hydrogen-bond acceptors (Lipinski definition) is 3. The molecule has 0 radical (unpaired) electrons. The Morgan fingerprint density at radius 1 is 1.32 bits per heavy atom. The van der Waals surface area contributed by atoms with Crippen LogP contribution in [-0.4, -0.2) is 25.4 Å². The molecule has 120 valence electrons. The third kappa shape index (κ3) is 4.32. The average Bonchev–Trinajstić information content (AvgIpc) is 2.99. The van der Waals surface area contributed by atoms with Crippen LogP contribution in [0.4, 0.5) is 13.2 Å². The maximum Gasteiger partial charge on any atom is 0.543 e. The quantitative estimate of drug-likeness (QED) is 0.663. The summed E-state index contributed by atoms with van der Waals surface area (Å²) in [5, 5.41) is 3.11. The lowest BCUT2D eigenvalue weighted by atomic mass is 9.90. The van der Waals surface area contributed by atoms with Crippen LogP contribution in [0, 0.1) is 5.92 Å². The number of benzene rings is 1. The lowest BCUT2D eigenvalue weighted by Gasteiger charge is -2.18. The number of amides is 1. The molecule has 0 aliphatic carbocycles. The van der Waals surface area contributed by atoms with E-state index in [1.165, 1.54) is 5.48 Å². The van der Waals surface area contributed by atoms with Gasteiger partial charge in [-0.15, -0.1) is 13.2 Å². The van der Waals surface area contributed by atoms with E-state index in [1.807, 2.05) is 30.3 Å². The van der Waals surface area contributed by atoms with Gasteiger partial charge in [0.05, 0.1) is 0 Å². The molecule has 0 aromatic heterocycles. The number of hydroxylamine groups is 1. The molecule has 0 bridgehead atoms. The molecule has 7 heteroatoms. The van der Waals surface area contributed by atoms with Crippen LogP contribution in [0.2, 0.25) is 0 Å². The summed E-state index contributed by atoms with van der Waals surface area (Å²) >= 11 is 0. The van der Waals surface area contributed by atoms with Crippen molar-refractivity contribution < 1.29 is 22.8 Å². The van der Waals surface area contributed by atoms with E-state index >= 15 is 0 Å². The molecule has 1 unspecified atom stereocenters. The zero-order valence-electron chi connectivity index (χ0n) is 12.0. The molecule has 1 aromatic carbocycles. The van der Waals surface area contributed by atoms with Crippen molar-refractivity contribution in [1.82, 2.24) is 10.8 Å². The molecular weight excluding hydrogens is 297 g/mol. The molecule has 22 heavy (non-hydrogen) atoms. The first-order chi connectivity index (χ1) is 10.4. The smallest absolute Gasteiger partial charge is 0.316 e. The van der Waals surface area contributed by atoms with Crippen LogP contribution in [0.1, 0.15) is 18.9 Å². The van der Waals surface area contributed by atoms with Gasteiger partial charge in [0.2, 0.25) is 0 Å². The maximum absolute atomic E-state index is 12.2. The van der Waals surface area contributed by atoms with E-state index in [-0.39, 0.29) is 5.92 Å². The summed E-state index contributed by atoms with van der Waals surface area (Å²) in [5.41, 5.74) is 3.27. The number of hydrogen-bond donors (Lipinski definition) is 2. The first-order valence-electron chi connectivity index (χ1n) is 6.90. The van der Waals surface area contributed by atoms with Crippen molar-refractivity contribution in [2.75, 3.05) is 13.1 Å². The molecule has 1 heterocycles. The van der Waals surface area contributed by atoms with Gasteiger partial charge in [0, 0.05) is 18.0 Å². The number of alkyl halides is 3. The van der Waals surface area contributed by atoms with Crippen molar-refractivity contribution >= 4 is 11.5 Å². The Balaban J connectivity index is 2.28. The van der Waals surface area contributed by atoms with Crippen LogP contribution in [-0.2, 0) is 9.63 Å². The number of carbonyl (C=O) groups excluding carboxylic acids is 1. The van der Waals surface area contributed by atoms with Crippen LogP contribution in [0.15, 0.2) is 35.9 Å². The predicted octanol–water partition coefficient (Wildman–Crippen LogP) is 2.64. The fourth-order valence-electron chi connectivity index (χ4n) is 2.57. The van der Waals surface area contributed by atoms with Gasteiger partial charge in [-0.3, -0.25) is 4.79 Å². The first kappa shape index (κ1) is 16.5. The number of allylic oxidation sites excluding steroid dienone is 1. The average molecular weight is 314 g/mol. The molecule has 1 aliphatic rings. The Hall–Kier alpha value is -1.86. The highest BCUT2D eigenvalue weighted by Crippen LogP contribution is 2.28. The van der Waals surface area contributed by atoms with Gasteiger partial charge < -0.3 is 5.32 Å². The third-order valence-electron chi connectivity index (χ3n) is 3.58. The van der Waals surface area contributed by atoms with E-state index in [1.54, 1.807) is 6.92 Å². The summed E-state index contributed by atoms with van der Waals surface area (Å²) in [5.74, 6) is -0.996. The lowest BCUT2D eigenvalue weighted by molar-refractivity contribution is -0.345. The second-order valence-electron chi connectivity index (χ2n) is 5.07. The van der Waals surface area contributed by atoms with E-state index < -0.39 is 12.3 Å². The summed E-state index contributed by atoms with van der Waals surface area (Å²) in [7, 11) is 0. The van der Waals surface area contributed by atoms with Crippen molar-refractivity contribution in [2.24, 2.45) is 5.92 Å². The first-order valence-corrected chi connectivity index (χ1v) is 6.90. The molecule has 4 nitrogen and oxygen atoms in total. The Morgan fingerprint density at radius 2 is 2.00 bits per heavy atom. The fraction of sp³-hybridized carbons (Fsp3) is 0.400. The van der Waals surface area contributed by atoms with Gasteiger partial charge in [-0.25, -0.2) is 5.48 Å². The molecular formula is C15H17F3N2O2. The van der Waals surface area contributed by atoms with E-state index in [0.29, 0.717) is 24.1 Å². The minimum atomic E-state index is -4.91. The monoisotopic (exact) mass is 314 g/mol. The molecule has 1 aromatic rings. The van der Waals surface area contributed by atoms with Gasteiger partial charge in [-0.2, -0.15) is 4.84 Å². The summed E-state index contributed by atoms with van der Waals surface area (Å²) in [6.07, 6.45) is -4.21.